The number of ether oxygens (including phenoxy) is 3. The summed E-state index contributed by atoms with van der Waals surface area (Å²) in [5.74, 6) is 2.29. The first kappa shape index (κ1) is 24.4. The number of hydrogen-bond donors (Lipinski definition) is 1. The standard InChI is InChI=1S/C26H34N2O5/c1-5-22(26(30)27-15-18(2)3)28(16-20-7-6-8-21(13-20)31-4)25(29)12-10-19-9-11-23-24(14-19)33-17-32-23/h6-9,11,13-14,18,22H,5,10,12,15-17H2,1-4H3,(H,27,30)/t22-/m1/s1. The number of benzene rings is 2. The molecule has 1 aliphatic rings. The van der Waals surface area contributed by atoms with Gasteiger partial charge in [0.25, 0.3) is 0 Å². The van der Waals surface area contributed by atoms with Gasteiger partial charge in [-0.1, -0.05) is 39.0 Å². The van der Waals surface area contributed by atoms with Crippen LogP contribution >= 0.6 is 0 Å². The summed E-state index contributed by atoms with van der Waals surface area (Å²) in [6.07, 6.45) is 1.37. The van der Waals surface area contributed by atoms with Crippen LogP contribution in [-0.4, -0.2) is 43.2 Å². The molecule has 2 amide bonds. The van der Waals surface area contributed by atoms with Crippen molar-refractivity contribution in [2.24, 2.45) is 5.92 Å². The second-order valence-corrected chi connectivity index (χ2v) is 8.62. The smallest absolute Gasteiger partial charge is 0.242 e. The van der Waals surface area contributed by atoms with E-state index in [9.17, 15) is 9.59 Å². The number of methoxy groups -OCH3 is 1. The molecular formula is C26H34N2O5. The molecule has 33 heavy (non-hydrogen) atoms. The van der Waals surface area contributed by atoms with Gasteiger partial charge in [0.1, 0.15) is 11.8 Å². The Kier molecular flexibility index (Phi) is 8.58. The third-order valence-corrected chi connectivity index (χ3v) is 5.62. The lowest BCUT2D eigenvalue weighted by Gasteiger charge is -2.31. The molecule has 0 bridgehead atoms. The highest BCUT2D eigenvalue weighted by Gasteiger charge is 2.28. The fourth-order valence-electron chi connectivity index (χ4n) is 3.80. The van der Waals surface area contributed by atoms with E-state index < -0.39 is 6.04 Å². The van der Waals surface area contributed by atoms with Crippen molar-refractivity contribution in [3.8, 4) is 17.2 Å². The van der Waals surface area contributed by atoms with Crippen LogP contribution in [0.4, 0.5) is 0 Å². The van der Waals surface area contributed by atoms with Crippen LogP contribution < -0.4 is 19.5 Å². The van der Waals surface area contributed by atoms with Crippen molar-refractivity contribution in [1.29, 1.82) is 0 Å². The normalized spacial score (nSPS) is 13.0. The molecule has 1 atom stereocenters. The molecule has 2 aromatic carbocycles. The van der Waals surface area contributed by atoms with E-state index in [-0.39, 0.29) is 25.0 Å². The number of fused-ring (bicyclic) bond motifs is 1. The van der Waals surface area contributed by atoms with Crippen LogP contribution in [0.1, 0.15) is 44.7 Å². The van der Waals surface area contributed by atoms with Gasteiger partial charge in [-0.25, -0.2) is 0 Å². The second kappa shape index (κ2) is 11.6. The van der Waals surface area contributed by atoms with Crippen LogP contribution in [0.25, 0.3) is 0 Å². The van der Waals surface area contributed by atoms with E-state index in [4.69, 9.17) is 14.2 Å². The summed E-state index contributed by atoms with van der Waals surface area (Å²) < 4.78 is 16.1. The van der Waals surface area contributed by atoms with Crippen LogP contribution in [-0.2, 0) is 22.6 Å². The number of hydrogen-bond acceptors (Lipinski definition) is 5. The van der Waals surface area contributed by atoms with Gasteiger partial charge in [-0.05, 0) is 54.2 Å². The highest BCUT2D eigenvalue weighted by atomic mass is 16.7. The number of nitrogens with zero attached hydrogens (tertiary/aromatic N) is 1. The minimum atomic E-state index is -0.542. The zero-order valence-electron chi connectivity index (χ0n) is 19.9. The van der Waals surface area contributed by atoms with Crippen LogP contribution in [0.3, 0.4) is 0 Å². The van der Waals surface area contributed by atoms with Gasteiger partial charge in [-0.2, -0.15) is 0 Å². The van der Waals surface area contributed by atoms with Gasteiger partial charge in [-0.3, -0.25) is 9.59 Å². The number of amides is 2. The SMILES string of the molecule is CC[C@H](C(=O)NCC(C)C)N(Cc1cccc(OC)c1)C(=O)CCc1ccc2c(c1)OCO2. The quantitative estimate of drug-likeness (QED) is 0.557. The summed E-state index contributed by atoms with van der Waals surface area (Å²) >= 11 is 0. The largest absolute Gasteiger partial charge is 0.497 e. The Labute approximate surface area is 196 Å². The predicted octanol–water partition coefficient (Wildman–Crippen LogP) is 3.94. The Balaban J connectivity index is 1.76. The zero-order chi connectivity index (χ0) is 23.8. The lowest BCUT2D eigenvalue weighted by Crippen LogP contribution is -2.49. The Bertz CT molecular complexity index is 959. The molecule has 0 fully saturated rings. The number of carbonyl (C=O) groups excluding carboxylic acids is 2. The third kappa shape index (κ3) is 6.63. The minimum Gasteiger partial charge on any atom is -0.497 e. The van der Waals surface area contributed by atoms with Crippen molar-refractivity contribution in [3.63, 3.8) is 0 Å². The Morgan fingerprint density at radius 2 is 1.88 bits per heavy atom. The Morgan fingerprint density at radius 1 is 1.09 bits per heavy atom. The minimum absolute atomic E-state index is 0.0676. The summed E-state index contributed by atoms with van der Waals surface area (Å²) in [5.41, 5.74) is 1.91. The molecule has 0 radical (unpaired) electrons. The van der Waals surface area contributed by atoms with Crippen LogP contribution in [0.5, 0.6) is 17.2 Å². The summed E-state index contributed by atoms with van der Waals surface area (Å²) in [4.78, 5) is 28.1. The zero-order valence-corrected chi connectivity index (χ0v) is 19.9. The Hall–Kier alpha value is -3.22. The van der Waals surface area contributed by atoms with E-state index in [0.717, 1.165) is 22.6 Å². The molecule has 7 nitrogen and oxygen atoms in total. The molecule has 0 spiro atoms. The summed E-state index contributed by atoms with van der Waals surface area (Å²) in [7, 11) is 1.61. The third-order valence-electron chi connectivity index (χ3n) is 5.62. The van der Waals surface area contributed by atoms with Gasteiger partial charge < -0.3 is 24.4 Å². The molecule has 2 aromatic rings. The van der Waals surface area contributed by atoms with Gasteiger partial charge in [0.2, 0.25) is 18.6 Å². The van der Waals surface area contributed by atoms with Crippen molar-refractivity contribution in [2.45, 2.75) is 52.6 Å². The van der Waals surface area contributed by atoms with E-state index in [0.29, 0.717) is 37.6 Å². The molecular weight excluding hydrogens is 420 g/mol. The fraction of sp³-hybridized carbons (Fsp3) is 0.462. The van der Waals surface area contributed by atoms with Crippen LogP contribution in [0.15, 0.2) is 42.5 Å². The average Bonchev–Trinajstić information content (AvgIpc) is 3.29. The van der Waals surface area contributed by atoms with E-state index in [2.05, 4.69) is 5.32 Å². The van der Waals surface area contributed by atoms with E-state index >= 15 is 0 Å². The van der Waals surface area contributed by atoms with Crippen molar-refractivity contribution in [3.05, 3.63) is 53.6 Å². The first-order valence-electron chi connectivity index (χ1n) is 11.5. The highest BCUT2D eigenvalue weighted by molar-refractivity contribution is 5.87. The van der Waals surface area contributed by atoms with Gasteiger partial charge in [0.15, 0.2) is 11.5 Å². The molecule has 7 heteroatoms. The monoisotopic (exact) mass is 454 g/mol. The first-order valence-corrected chi connectivity index (χ1v) is 11.5. The molecule has 0 aliphatic carbocycles. The van der Waals surface area contributed by atoms with Crippen molar-refractivity contribution < 1.29 is 23.8 Å². The summed E-state index contributed by atoms with van der Waals surface area (Å²) in [5, 5.41) is 2.99. The number of aryl methyl sites for hydroxylation is 1. The number of rotatable bonds is 11. The van der Waals surface area contributed by atoms with Gasteiger partial charge in [0, 0.05) is 19.5 Å². The molecule has 178 valence electrons. The maximum Gasteiger partial charge on any atom is 0.242 e. The fourth-order valence-corrected chi connectivity index (χ4v) is 3.80. The lowest BCUT2D eigenvalue weighted by molar-refractivity contribution is -0.141. The first-order chi connectivity index (χ1) is 15.9. The molecule has 1 N–H and O–H groups in total. The van der Waals surface area contributed by atoms with Gasteiger partial charge in [-0.15, -0.1) is 0 Å². The lowest BCUT2D eigenvalue weighted by atomic mass is 10.1. The number of nitrogens with one attached hydrogen (secondary N) is 1. The Morgan fingerprint density at radius 3 is 2.61 bits per heavy atom. The van der Waals surface area contributed by atoms with Crippen molar-refractivity contribution in [2.75, 3.05) is 20.4 Å². The van der Waals surface area contributed by atoms with Crippen molar-refractivity contribution in [1.82, 2.24) is 10.2 Å². The molecule has 0 unspecified atom stereocenters. The van der Waals surface area contributed by atoms with E-state index in [1.165, 1.54) is 0 Å². The van der Waals surface area contributed by atoms with Gasteiger partial charge in [0.05, 0.1) is 7.11 Å². The maximum atomic E-state index is 13.4. The number of carbonyl (C=O) groups is 2. The van der Waals surface area contributed by atoms with Gasteiger partial charge >= 0.3 is 0 Å². The molecule has 0 saturated heterocycles. The highest BCUT2D eigenvalue weighted by Crippen LogP contribution is 2.33. The maximum absolute atomic E-state index is 13.4. The second-order valence-electron chi connectivity index (χ2n) is 8.62. The van der Waals surface area contributed by atoms with E-state index in [1.54, 1.807) is 12.0 Å². The molecule has 1 aliphatic heterocycles. The van der Waals surface area contributed by atoms with Crippen LogP contribution in [0.2, 0.25) is 0 Å². The molecule has 3 rings (SSSR count). The molecule has 0 aromatic heterocycles. The molecule has 0 saturated carbocycles. The summed E-state index contributed by atoms with van der Waals surface area (Å²) in [6, 6.07) is 12.8. The topological polar surface area (TPSA) is 77.1 Å². The predicted molar refractivity (Wildman–Crippen MR) is 126 cm³/mol. The average molecular weight is 455 g/mol. The van der Waals surface area contributed by atoms with Crippen molar-refractivity contribution >= 4 is 11.8 Å². The van der Waals surface area contributed by atoms with Crippen LogP contribution in [0, 0.1) is 5.92 Å². The van der Waals surface area contributed by atoms with E-state index in [1.807, 2.05) is 63.2 Å². The molecule has 1 heterocycles. The summed E-state index contributed by atoms with van der Waals surface area (Å²) in [6.45, 7) is 7.16.